The number of carbonyl (C=O) groups excluding carboxylic acids is 1. The van der Waals surface area contributed by atoms with Gasteiger partial charge < -0.3 is 5.73 Å². The molecule has 0 aliphatic heterocycles. The van der Waals surface area contributed by atoms with Crippen molar-refractivity contribution in [2.24, 2.45) is 0 Å². The van der Waals surface area contributed by atoms with E-state index in [1.165, 1.54) is 11.3 Å². The molecular weight excluding hydrogens is 298 g/mol. The number of carbonyl (C=O) groups is 1. The molecule has 1 heterocycles. The number of nitrogen functional groups attached to an aromatic ring is 1. The van der Waals surface area contributed by atoms with Crippen LogP contribution in [-0.2, 0) is 0 Å². The van der Waals surface area contributed by atoms with Crippen molar-refractivity contribution in [3.8, 4) is 0 Å². The highest BCUT2D eigenvalue weighted by atomic mass is 79.9. The maximum absolute atomic E-state index is 12.4. The predicted octanol–water partition coefficient (Wildman–Crippen LogP) is 3.94. The van der Waals surface area contributed by atoms with Crippen LogP contribution in [0.2, 0.25) is 0 Å². The van der Waals surface area contributed by atoms with Gasteiger partial charge in [-0.05, 0) is 53.5 Å². The summed E-state index contributed by atoms with van der Waals surface area (Å²) in [4.78, 5) is 14.2. The maximum Gasteiger partial charge on any atom is 0.204 e. The first-order valence-electron chi connectivity index (χ1n) is 5.16. The molecule has 2 nitrogen and oxygen atoms in total. The van der Waals surface area contributed by atoms with Crippen LogP contribution in [0.3, 0.4) is 0 Å². The number of rotatable bonds is 2. The highest BCUT2D eigenvalue weighted by Crippen LogP contribution is 2.30. The third kappa shape index (κ3) is 2.42. The van der Waals surface area contributed by atoms with Crippen molar-refractivity contribution in [3.63, 3.8) is 0 Å². The van der Waals surface area contributed by atoms with Gasteiger partial charge in [0.25, 0.3) is 0 Å². The molecule has 0 saturated heterocycles. The quantitative estimate of drug-likeness (QED) is 0.674. The zero-order valence-corrected chi connectivity index (χ0v) is 12.0. The molecule has 0 amide bonds. The average Bonchev–Trinajstić information content (AvgIpc) is 2.60. The Morgan fingerprint density at radius 1 is 1.29 bits per heavy atom. The fourth-order valence-corrected chi connectivity index (χ4v) is 3.42. The number of benzene rings is 1. The van der Waals surface area contributed by atoms with Crippen molar-refractivity contribution < 1.29 is 4.79 Å². The van der Waals surface area contributed by atoms with Crippen LogP contribution < -0.4 is 5.73 Å². The second kappa shape index (κ2) is 4.63. The molecule has 0 radical (unpaired) electrons. The fraction of sp³-hybridized carbons (Fsp3) is 0.154. The van der Waals surface area contributed by atoms with Crippen molar-refractivity contribution in [2.75, 3.05) is 5.73 Å². The lowest BCUT2D eigenvalue weighted by Gasteiger charge is -2.05. The third-order valence-electron chi connectivity index (χ3n) is 2.52. The van der Waals surface area contributed by atoms with E-state index in [2.05, 4.69) is 15.9 Å². The van der Waals surface area contributed by atoms with Crippen LogP contribution in [0.1, 0.15) is 25.7 Å². The number of hydrogen-bond acceptors (Lipinski definition) is 3. The summed E-state index contributed by atoms with van der Waals surface area (Å²) >= 11 is 4.91. The molecule has 4 heteroatoms. The second-order valence-electron chi connectivity index (χ2n) is 3.94. The Bertz CT molecular complexity index is 589. The van der Waals surface area contributed by atoms with Gasteiger partial charge in [0.2, 0.25) is 5.78 Å². The summed E-state index contributed by atoms with van der Waals surface area (Å²) < 4.78 is 0.854. The highest BCUT2D eigenvalue weighted by molar-refractivity contribution is 9.10. The van der Waals surface area contributed by atoms with Crippen LogP contribution >= 0.6 is 27.3 Å². The Labute approximate surface area is 113 Å². The summed E-state index contributed by atoms with van der Waals surface area (Å²) in [6.45, 7) is 3.90. The number of aryl methyl sites for hydroxylation is 2. The summed E-state index contributed by atoms with van der Waals surface area (Å²) in [6.07, 6.45) is 0. The molecule has 0 saturated carbocycles. The number of hydrogen-bond donors (Lipinski definition) is 1. The topological polar surface area (TPSA) is 43.1 Å². The molecule has 2 rings (SSSR count). The van der Waals surface area contributed by atoms with E-state index in [-0.39, 0.29) is 5.78 Å². The average molecular weight is 310 g/mol. The normalized spacial score (nSPS) is 10.5. The summed E-state index contributed by atoms with van der Waals surface area (Å²) in [5.74, 6) is 0.0276. The van der Waals surface area contributed by atoms with E-state index in [4.69, 9.17) is 5.73 Å². The zero-order chi connectivity index (χ0) is 12.6. The predicted molar refractivity (Wildman–Crippen MR) is 75.8 cm³/mol. The SMILES string of the molecule is Cc1cc(Br)c(C(=O)c2cc(N)ccc2C)s1. The first-order valence-corrected chi connectivity index (χ1v) is 6.76. The zero-order valence-electron chi connectivity index (χ0n) is 9.58. The minimum atomic E-state index is 0.0276. The van der Waals surface area contributed by atoms with Crippen molar-refractivity contribution in [2.45, 2.75) is 13.8 Å². The molecule has 0 atom stereocenters. The lowest BCUT2D eigenvalue weighted by molar-refractivity contribution is 0.104. The van der Waals surface area contributed by atoms with Gasteiger partial charge >= 0.3 is 0 Å². The smallest absolute Gasteiger partial charge is 0.204 e. The van der Waals surface area contributed by atoms with E-state index in [0.717, 1.165) is 19.8 Å². The highest BCUT2D eigenvalue weighted by Gasteiger charge is 2.17. The Balaban J connectivity index is 2.50. The van der Waals surface area contributed by atoms with Crippen molar-refractivity contribution in [1.29, 1.82) is 0 Å². The Morgan fingerprint density at radius 3 is 2.59 bits per heavy atom. The standard InChI is InChI=1S/C13H12BrNOS/c1-7-3-4-9(15)6-10(7)12(16)13-11(14)5-8(2)17-13/h3-6H,15H2,1-2H3. The largest absolute Gasteiger partial charge is 0.399 e. The number of ketones is 1. The van der Waals surface area contributed by atoms with E-state index in [9.17, 15) is 4.79 Å². The molecule has 2 aromatic rings. The maximum atomic E-state index is 12.4. The van der Waals surface area contributed by atoms with E-state index in [1.54, 1.807) is 12.1 Å². The minimum absolute atomic E-state index is 0.0276. The van der Waals surface area contributed by atoms with E-state index >= 15 is 0 Å². The van der Waals surface area contributed by atoms with Crippen LogP contribution in [-0.4, -0.2) is 5.78 Å². The molecule has 0 bridgehead atoms. The van der Waals surface area contributed by atoms with Crippen LogP contribution in [0, 0.1) is 13.8 Å². The Hall–Kier alpha value is -1.13. The minimum Gasteiger partial charge on any atom is -0.399 e. The molecule has 0 unspecified atom stereocenters. The van der Waals surface area contributed by atoms with Gasteiger partial charge in [-0.2, -0.15) is 0 Å². The Morgan fingerprint density at radius 2 is 2.00 bits per heavy atom. The Kier molecular flexibility index (Phi) is 3.35. The van der Waals surface area contributed by atoms with Crippen LogP contribution in [0.5, 0.6) is 0 Å². The van der Waals surface area contributed by atoms with Gasteiger partial charge in [0.05, 0.1) is 4.88 Å². The first kappa shape index (κ1) is 12.3. The molecule has 88 valence electrons. The lowest BCUT2D eigenvalue weighted by atomic mass is 10.0. The number of thiophene rings is 1. The second-order valence-corrected chi connectivity index (χ2v) is 6.05. The fourth-order valence-electron chi connectivity index (χ4n) is 1.64. The molecule has 2 N–H and O–H groups in total. The molecule has 0 aliphatic rings. The first-order chi connectivity index (χ1) is 7.99. The summed E-state index contributed by atoms with van der Waals surface area (Å²) in [5.41, 5.74) is 7.96. The summed E-state index contributed by atoms with van der Waals surface area (Å²) in [5, 5.41) is 0. The molecule has 0 aliphatic carbocycles. The van der Waals surface area contributed by atoms with Crippen molar-refractivity contribution in [1.82, 2.24) is 0 Å². The molecule has 17 heavy (non-hydrogen) atoms. The van der Waals surface area contributed by atoms with Crippen molar-refractivity contribution in [3.05, 3.63) is 49.6 Å². The number of anilines is 1. The van der Waals surface area contributed by atoms with Crippen LogP contribution in [0.25, 0.3) is 0 Å². The van der Waals surface area contributed by atoms with Gasteiger partial charge in [-0.25, -0.2) is 0 Å². The summed E-state index contributed by atoms with van der Waals surface area (Å²) in [6, 6.07) is 7.37. The van der Waals surface area contributed by atoms with Gasteiger partial charge in [-0.15, -0.1) is 11.3 Å². The van der Waals surface area contributed by atoms with Gasteiger partial charge in [-0.1, -0.05) is 6.07 Å². The van der Waals surface area contributed by atoms with Crippen molar-refractivity contribution >= 4 is 38.7 Å². The van der Waals surface area contributed by atoms with Crippen LogP contribution in [0.4, 0.5) is 5.69 Å². The summed E-state index contributed by atoms with van der Waals surface area (Å²) in [7, 11) is 0. The van der Waals surface area contributed by atoms with Crippen LogP contribution in [0.15, 0.2) is 28.7 Å². The molecular formula is C13H12BrNOS. The van der Waals surface area contributed by atoms with E-state index in [0.29, 0.717) is 11.3 Å². The third-order valence-corrected chi connectivity index (χ3v) is 4.46. The molecule has 1 aromatic carbocycles. The van der Waals surface area contributed by atoms with Gasteiger partial charge in [-0.3, -0.25) is 4.79 Å². The molecule has 0 spiro atoms. The van der Waals surface area contributed by atoms with E-state index in [1.807, 2.05) is 26.0 Å². The van der Waals surface area contributed by atoms with Gasteiger partial charge in [0.15, 0.2) is 0 Å². The van der Waals surface area contributed by atoms with Gasteiger partial charge in [0.1, 0.15) is 0 Å². The lowest BCUT2D eigenvalue weighted by Crippen LogP contribution is -2.03. The van der Waals surface area contributed by atoms with Gasteiger partial charge in [0, 0.05) is 20.6 Å². The monoisotopic (exact) mass is 309 g/mol. The number of nitrogens with two attached hydrogens (primary N) is 1. The van der Waals surface area contributed by atoms with E-state index < -0.39 is 0 Å². The number of halogens is 1. The molecule has 0 fully saturated rings. The molecule has 1 aromatic heterocycles.